The van der Waals surface area contributed by atoms with Gasteiger partial charge in [-0.2, -0.15) is 0 Å². The number of carboxylic acid groups (broad SMARTS) is 1. The van der Waals surface area contributed by atoms with Gasteiger partial charge in [0.2, 0.25) is 11.8 Å². The second-order valence-corrected chi connectivity index (χ2v) is 6.36. The first-order valence-electron chi connectivity index (χ1n) is 6.78. The molecule has 0 bridgehead atoms. The molecule has 1 saturated heterocycles. The summed E-state index contributed by atoms with van der Waals surface area (Å²) in [5.41, 5.74) is 0.0634. The van der Waals surface area contributed by atoms with E-state index in [1.807, 2.05) is 6.92 Å². The average Bonchev–Trinajstić information content (AvgIpc) is 3.08. The molecule has 3 rings (SSSR count). The normalized spacial score (nSPS) is 25.4. The van der Waals surface area contributed by atoms with Crippen LogP contribution in [-0.4, -0.2) is 22.9 Å². The highest BCUT2D eigenvalue weighted by atomic mass is 32.1. The van der Waals surface area contributed by atoms with Crippen LogP contribution in [0.25, 0.3) is 0 Å². The Labute approximate surface area is 120 Å². The summed E-state index contributed by atoms with van der Waals surface area (Å²) in [5.74, 6) is -2.00. The fraction of sp³-hybridized carbons (Fsp3) is 0.500. The van der Waals surface area contributed by atoms with Crippen LogP contribution < -0.4 is 4.90 Å². The number of hydrogen-bond donors (Lipinski definition) is 1. The van der Waals surface area contributed by atoms with E-state index in [0.717, 1.165) is 29.0 Å². The van der Waals surface area contributed by atoms with E-state index in [1.54, 1.807) is 6.07 Å². The summed E-state index contributed by atoms with van der Waals surface area (Å²) in [7, 11) is 0. The van der Waals surface area contributed by atoms with Gasteiger partial charge < -0.3 is 5.11 Å². The van der Waals surface area contributed by atoms with Crippen molar-refractivity contribution >= 4 is 34.1 Å². The number of carbonyl (C=O) groups excluding carboxylic acids is 2. The topological polar surface area (TPSA) is 74.7 Å². The van der Waals surface area contributed by atoms with Crippen LogP contribution in [0.3, 0.4) is 0 Å². The molecule has 2 aliphatic rings. The first kappa shape index (κ1) is 13.3. The number of thiophene rings is 1. The number of amides is 2. The molecule has 2 heterocycles. The van der Waals surface area contributed by atoms with E-state index >= 15 is 0 Å². The van der Waals surface area contributed by atoms with E-state index in [1.165, 1.54) is 11.3 Å². The molecule has 0 spiro atoms. The minimum atomic E-state index is -1.09. The van der Waals surface area contributed by atoms with Gasteiger partial charge in [0.05, 0.1) is 17.4 Å². The Bertz CT molecular complexity index is 584. The van der Waals surface area contributed by atoms with Crippen molar-refractivity contribution in [3.8, 4) is 0 Å². The summed E-state index contributed by atoms with van der Waals surface area (Å²) in [6, 6.07) is 1.57. The third-order valence-electron chi connectivity index (χ3n) is 4.14. The first-order chi connectivity index (χ1) is 9.54. The second kappa shape index (κ2) is 4.70. The zero-order valence-electron chi connectivity index (χ0n) is 11.1. The summed E-state index contributed by atoms with van der Waals surface area (Å²) in [4.78, 5) is 38.1. The van der Waals surface area contributed by atoms with Gasteiger partial charge in [-0.1, -0.05) is 13.3 Å². The molecule has 2 atom stereocenters. The van der Waals surface area contributed by atoms with E-state index in [4.69, 9.17) is 0 Å². The van der Waals surface area contributed by atoms with E-state index in [9.17, 15) is 19.5 Å². The Morgan fingerprint density at radius 1 is 1.35 bits per heavy atom. The molecule has 1 aliphatic heterocycles. The van der Waals surface area contributed by atoms with Crippen LogP contribution >= 0.6 is 11.3 Å². The van der Waals surface area contributed by atoms with E-state index in [-0.39, 0.29) is 29.2 Å². The monoisotopic (exact) mass is 293 g/mol. The molecule has 2 amide bonds. The Morgan fingerprint density at radius 3 is 2.45 bits per heavy atom. The Kier molecular flexibility index (Phi) is 3.12. The standard InChI is InChI=1S/C14H15NO4S/c1-2-7-6-10(14(18)19)13(20-7)15-11(16)8-4-3-5-9(8)12(15)17/h6,8-9H,2-5H2,1H3,(H,18,19). The lowest BCUT2D eigenvalue weighted by atomic mass is 10.00. The quantitative estimate of drug-likeness (QED) is 0.868. The Balaban J connectivity index is 2.05. The molecule has 1 N–H and O–H groups in total. The number of aryl methyl sites for hydroxylation is 1. The van der Waals surface area contributed by atoms with Crippen molar-refractivity contribution < 1.29 is 19.5 Å². The molecule has 1 saturated carbocycles. The number of rotatable bonds is 3. The number of anilines is 1. The molecular weight excluding hydrogens is 278 g/mol. The van der Waals surface area contributed by atoms with E-state index in [2.05, 4.69) is 0 Å². The van der Waals surface area contributed by atoms with Crippen molar-refractivity contribution in [3.63, 3.8) is 0 Å². The molecule has 1 aliphatic carbocycles. The highest BCUT2D eigenvalue weighted by molar-refractivity contribution is 7.17. The molecule has 0 radical (unpaired) electrons. The third-order valence-corrected chi connectivity index (χ3v) is 5.40. The van der Waals surface area contributed by atoms with Gasteiger partial charge in [0.1, 0.15) is 5.00 Å². The molecular formula is C14H15NO4S. The smallest absolute Gasteiger partial charge is 0.338 e. The van der Waals surface area contributed by atoms with Gasteiger partial charge in [0.25, 0.3) is 0 Å². The van der Waals surface area contributed by atoms with Crippen LogP contribution in [0.5, 0.6) is 0 Å². The van der Waals surface area contributed by atoms with Gasteiger partial charge in [-0.15, -0.1) is 11.3 Å². The third kappa shape index (κ3) is 1.78. The van der Waals surface area contributed by atoms with Gasteiger partial charge in [-0.3, -0.25) is 9.59 Å². The van der Waals surface area contributed by atoms with Crippen molar-refractivity contribution in [2.45, 2.75) is 32.6 Å². The molecule has 20 heavy (non-hydrogen) atoms. The van der Waals surface area contributed by atoms with Gasteiger partial charge >= 0.3 is 5.97 Å². The zero-order chi connectivity index (χ0) is 14.4. The largest absolute Gasteiger partial charge is 0.478 e. The number of carboxylic acids is 1. The number of fused-ring (bicyclic) bond motifs is 1. The van der Waals surface area contributed by atoms with Crippen LogP contribution in [0.15, 0.2) is 6.07 Å². The highest BCUT2D eigenvalue weighted by Crippen LogP contribution is 2.44. The predicted molar refractivity (Wildman–Crippen MR) is 74.0 cm³/mol. The van der Waals surface area contributed by atoms with Crippen LogP contribution in [0, 0.1) is 11.8 Å². The van der Waals surface area contributed by atoms with Crippen molar-refractivity contribution in [2.24, 2.45) is 11.8 Å². The van der Waals surface area contributed by atoms with Gasteiger partial charge in [0, 0.05) is 4.88 Å². The number of carbonyl (C=O) groups is 3. The molecule has 0 aromatic carbocycles. The molecule has 106 valence electrons. The molecule has 2 fully saturated rings. The first-order valence-corrected chi connectivity index (χ1v) is 7.60. The molecule has 6 heteroatoms. The molecule has 2 unspecified atom stereocenters. The number of aromatic carboxylic acids is 1. The van der Waals surface area contributed by atoms with Crippen molar-refractivity contribution in [1.82, 2.24) is 0 Å². The van der Waals surface area contributed by atoms with Gasteiger partial charge in [-0.25, -0.2) is 9.69 Å². The molecule has 1 aromatic heterocycles. The number of imide groups is 1. The molecule has 5 nitrogen and oxygen atoms in total. The predicted octanol–water partition coefficient (Wildman–Crippen LogP) is 2.30. The minimum Gasteiger partial charge on any atom is -0.478 e. The van der Waals surface area contributed by atoms with Crippen LogP contribution in [-0.2, 0) is 16.0 Å². The van der Waals surface area contributed by atoms with Crippen molar-refractivity contribution in [1.29, 1.82) is 0 Å². The Morgan fingerprint density at radius 2 is 1.95 bits per heavy atom. The van der Waals surface area contributed by atoms with E-state index < -0.39 is 5.97 Å². The fourth-order valence-corrected chi connectivity index (χ4v) is 4.21. The highest BCUT2D eigenvalue weighted by Gasteiger charge is 2.51. The summed E-state index contributed by atoms with van der Waals surface area (Å²) < 4.78 is 0. The minimum absolute atomic E-state index is 0.0634. The van der Waals surface area contributed by atoms with E-state index in [0.29, 0.717) is 11.4 Å². The molecule has 1 aromatic rings. The summed E-state index contributed by atoms with van der Waals surface area (Å²) in [6.45, 7) is 1.92. The maximum Gasteiger partial charge on any atom is 0.338 e. The summed E-state index contributed by atoms with van der Waals surface area (Å²) in [6.07, 6.45) is 3.06. The zero-order valence-corrected chi connectivity index (χ0v) is 11.9. The van der Waals surface area contributed by atoms with Gasteiger partial charge in [-0.05, 0) is 25.3 Å². The summed E-state index contributed by atoms with van der Waals surface area (Å²) >= 11 is 1.23. The second-order valence-electron chi connectivity index (χ2n) is 5.25. The maximum absolute atomic E-state index is 12.4. The SMILES string of the molecule is CCc1cc(C(=O)O)c(N2C(=O)C3CCCC3C2=O)s1. The summed E-state index contributed by atoms with van der Waals surface area (Å²) in [5, 5.41) is 9.56. The number of nitrogens with zero attached hydrogens (tertiary/aromatic N) is 1. The van der Waals surface area contributed by atoms with Crippen LogP contribution in [0.1, 0.15) is 41.4 Å². The van der Waals surface area contributed by atoms with Crippen molar-refractivity contribution in [3.05, 3.63) is 16.5 Å². The Hall–Kier alpha value is -1.69. The number of hydrogen-bond acceptors (Lipinski definition) is 4. The van der Waals surface area contributed by atoms with Gasteiger partial charge in [0.15, 0.2) is 0 Å². The van der Waals surface area contributed by atoms with Crippen molar-refractivity contribution in [2.75, 3.05) is 4.90 Å². The van der Waals surface area contributed by atoms with Crippen LogP contribution in [0.4, 0.5) is 5.00 Å². The lowest BCUT2D eigenvalue weighted by molar-refractivity contribution is -0.122. The average molecular weight is 293 g/mol. The lowest BCUT2D eigenvalue weighted by Crippen LogP contribution is -2.32. The maximum atomic E-state index is 12.4. The van der Waals surface area contributed by atoms with Crippen LogP contribution in [0.2, 0.25) is 0 Å². The fourth-order valence-electron chi connectivity index (χ4n) is 3.12. The lowest BCUT2D eigenvalue weighted by Gasteiger charge is -2.14.